The molecule has 0 aromatic carbocycles. The zero-order valence-electron chi connectivity index (χ0n) is 10.6. The Balaban J connectivity index is 2.32. The van der Waals surface area contributed by atoms with Crippen molar-refractivity contribution < 1.29 is 9.90 Å². The summed E-state index contributed by atoms with van der Waals surface area (Å²) in [6.45, 7) is 8.01. The highest BCUT2D eigenvalue weighted by atomic mass is 32.1. The largest absolute Gasteiger partial charge is 0.477 e. The molecule has 4 nitrogen and oxygen atoms in total. The fourth-order valence-corrected chi connectivity index (χ4v) is 2.37. The minimum absolute atomic E-state index is 0.363. The number of rotatable bonds is 7. The predicted molar refractivity (Wildman–Crippen MR) is 69.8 cm³/mol. The fourth-order valence-electron chi connectivity index (χ4n) is 1.47. The third-order valence-electron chi connectivity index (χ3n) is 2.45. The van der Waals surface area contributed by atoms with Crippen LogP contribution < -0.4 is 5.32 Å². The van der Waals surface area contributed by atoms with Crippen molar-refractivity contribution >= 4 is 17.3 Å². The molecule has 0 aliphatic rings. The van der Waals surface area contributed by atoms with Crippen LogP contribution in [0.5, 0.6) is 0 Å². The zero-order chi connectivity index (χ0) is 12.8. The van der Waals surface area contributed by atoms with Crippen LogP contribution in [-0.4, -0.2) is 29.1 Å². The lowest BCUT2D eigenvalue weighted by Crippen LogP contribution is -2.19. The molecule has 0 spiro atoms. The number of hydrogen-bond donors (Lipinski definition) is 2. The maximum atomic E-state index is 10.8. The van der Waals surface area contributed by atoms with Crippen molar-refractivity contribution in [2.24, 2.45) is 5.92 Å². The molecule has 0 radical (unpaired) electrons. The van der Waals surface area contributed by atoms with E-state index in [-0.39, 0.29) is 0 Å². The van der Waals surface area contributed by atoms with E-state index in [1.807, 2.05) is 0 Å². The number of aromatic carboxylic acids is 1. The lowest BCUT2D eigenvalue weighted by Gasteiger charge is -2.05. The summed E-state index contributed by atoms with van der Waals surface area (Å²) in [5.41, 5.74) is 0.625. The molecule has 0 atom stereocenters. The normalized spacial score (nSPS) is 11.1. The van der Waals surface area contributed by atoms with E-state index in [1.54, 1.807) is 6.92 Å². The Kier molecular flexibility index (Phi) is 5.58. The Labute approximate surface area is 106 Å². The van der Waals surface area contributed by atoms with Crippen LogP contribution in [-0.2, 0) is 6.42 Å². The molecule has 1 aromatic heterocycles. The van der Waals surface area contributed by atoms with E-state index in [0.717, 1.165) is 30.9 Å². The molecule has 0 amide bonds. The molecule has 1 heterocycles. The van der Waals surface area contributed by atoms with Crippen LogP contribution in [0.4, 0.5) is 0 Å². The molecule has 2 N–H and O–H groups in total. The van der Waals surface area contributed by atoms with Gasteiger partial charge in [-0.25, -0.2) is 9.78 Å². The van der Waals surface area contributed by atoms with Crippen LogP contribution >= 0.6 is 11.3 Å². The summed E-state index contributed by atoms with van der Waals surface area (Å²) in [5.74, 6) is -0.165. The Morgan fingerprint density at radius 3 is 2.71 bits per heavy atom. The van der Waals surface area contributed by atoms with Gasteiger partial charge in [0.2, 0.25) is 0 Å². The quantitative estimate of drug-likeness (QED) is 0.735. The van der Waals surface area contributed by atoms with E-state index in [4.69, 9.17) is 5.11 Å². The molecular formula is C12H20N2O2S. The van der Waals surface area contributed by atoms with Gasteiger partial charge in [0.15, 0.2) is 0 Å². The number of aromatic nitrogens is 1. The van der Waals surface area contributed by atoms with E-state index in [0.29, 0.717) is 16.5 Å². The molecule has 0 aliphatic carbocycles. The second-order valence-corrected chi connectivity index (χ2v) is 5.59. The fraction of sp³-hybridized carbons (Fsp3) is 0.667. The highest BCUT2D eigenvalue weighted by Gasteiger charge is 2.13. The third kappa shape index (κ3) is 4.83. The summed E-state index contributed by atoms with van der Waals surface area (Å²) >= 11 is 1.28. The highest BCUT2D eigenvalue weighted by Crippen LogP contribution is 2.18. The molecule has 0 unspecified atom stereocenters. The average molecular weight is 256 g/mol. The first kappa shape index (κ1) is 14.1. The summed E-state index contributed by atoms with van der Waals surface area (Å²) < 4.78 is 0. The predicted octanol–water partition coefficient (Wildman–Crippen LogP) is 2.33. The molecule has 96 valence electrons. The first-order valence-corrected chi connectivity index (χ1v) is 6.72. The van der Waals surface area contributed by atoms with Gasteiger partial charge in [0.1, 0.15) is 4.88 Å². The SMILES string of the molecule is Cc1nc(CCNCCC(C)C)sc1C(=O)O. The molecule has 5 heteroatoms. The standard InChI is InChI=1S/C12H20N2O2S/c1-8(2)4-6-13-7-5-10-14-9(3)11(17-10)12(15)16/h8,13H,4-7H2,1-3H3,(H,15,16). The van der Waals surface area contributed by atoms with Crippen molar-refractivity contribution in [3.05, 3.63) is 15.6 Å². The third-order valence-corrected chi connectivity index (χ3v) is 3.65. The maximum Gasteiger partial charge on any atom is 0.347 e. The molecule has 17 heavy (non-hydrogen) atoms. The van der Waals surface area contributed by atoms with Crippen LogP contribution in [0.1, 0.15) is 40.6 Å². The number of hydrogen-bond acceptors (Lipinski definition) is 4. The van der Waals surface area contributed by atoms with Gasteiger partial charge in [-0.1, -0.05) is 13.8 Å². The molecule has 1 aromatic rings. The number of carboxylic acids is 1. The molecular weight excluding hydrogens is 236 g/mol. The van der Waals surface area contributed by atoms with E-state index < -0.39 is 5.97 Å². The van der Waals surface area contributed by atoms with Gasteiger partial charge in [-0.15, -0.1) is 11.3 Å². The van der Waals surface area contributed by atoms with E-state index >= 15 is 0 Å². The number of thiazole rings is 1. The minimum Gasteiger partial charge on any atom is -0.477 e. The van der Waals surface area contributed by atoms with Crippen LogP contribution in [0.25, 0.3) is 0 Å². The highest BCUT2D eigenvalue weighted by molar-refractivity contribution is 7.13. The van der Waals surface area contributed by atoms with Crippen molar-refractivity contribution in [2.45, 2.75) is 33.6 Å². The summed E-state index contributed by atoms with van der Waals surface area (Å²) in [5, 5.41) is 13.1. The van der Waals surface area contributed by atoms with Gasteiger partial charge in [-0.05, 0) is 25.8 Å². The smallest absolute Gasteiger partial charge is 0.347 e. The number of carbonyl (C=O) groups is 1. The topological polar surface area (TPSA) is 62.2 Å². The molecule has 0 saturated carbocycles. The van der Waals surface area contributed by atoms with Crippen molar-refractivity contribution in [2.75, 3.05) is 13.1 Å². The van der Waals surface area contributed by atoms with Crippen molar-refractivity contribution in [1.82, 2.24) is 10.3 Å². The van der Waals surface area contributed by atoms with E-state index in [9.17, 15) is 4.79 Å². The van der Waals surface area contributed by atoms with Crippen LogP contribution in [0.2, 0.25) is 0 Å². The lowest BCUT2D eigenvalue weighted by molar-refractivity contribution is 0.0701. The zero-order valence-corrected chi connectivity index (χ0v) is 11.4. The Hall–Kier alpha value is -0.940. The molecule has 0 saturated heterocycles. The number of nitrogens with zero attached hydrogens (tertiary/aromatic N) is 1. The lowest BCUT2D eigenvalue weighted by atomic mass is 10.1. The van der Waals surface area contributed by atoms with Gasteiger partial charge in [0.05, 0.1) is 10.7 Å². The number of nitrogens with one attached hydrogen (secondary N) is 1. The molecule has 0 fully saturated rings. The number of aryl methyl sites for hydroxylation is 1. The van der Waals surface area contributed by atoms with E-state index in [1.165, 1.54) is 11.3 Å². The molecule has 1 rings (SSSR count). The molecule has 0 aliphatic heterocycles. The van der Waals surface area contributed by atoms with Gasteiger partial charge in [0.25, 0.3) is 0 Å². The Morgan fingerprint density at radius 2 is 2.18 bits per heavy atom. The van der Waals surface area contributed by atoms with Crippen LogP contribution in [0.3, 0.4) is 0 Å². The van der Waals surface area contributed by atoms with Gasteiger partial charge >= 0.3 is 5.97 Å². The minimum atomic E-state index is -0.876. The van der Waals surface area contributed by atoms with E-state index in [2.05, 4.69) is 24.1 Å². The van der Waals surface area contributed by atoms with Crippen LogP contribution in [0.15, 0.2) is 0 Å². The summed E-state index contributed by atoms with van der Waals surface area (Å²) in [6.07, 6.45) is 1.97. The second kappa shape index (κ2) is 6.71. The average Bonchev–Trinajstić information content (AvgIpc) is 2.59. The van der Waals surface area contributed by atoms with Crippen molar-refractivity contribution in [3.8, 4) is 0 Å². The summed E-state index contributed by atoms with van der Waals surface area (Å²) in [4.78, 5) is 15.5. The first-order chi connectivity index (χ1) is 8.00. The first-order valence-electron chi connectivity index (χ1n) is 5.91. The molecule has 0 bridgehead atoms. The maximum absolute atomic E-state index is 10.8. The van der Waals surface area contributed by atoms with Crippen molar-refractivity contribution in [3.63, 3.8) is 0 Å². The van der Waals surface area contributed by atoms with Gasteiger partial charge in [-0.3, -0.25) is 0 Å². The Bertz CT molecular complexity index is 375. The van der Waals surface area contributed by atoms with Crippen molar-refractivity contribution in [1.29, 1.82) is 0 Å². The van der Waals surface area contributed by atoms with Gasteiger partial charge in [-0.2, -0.15) is 0 Å². The second-order valence-electron chi connectivity index (χ2n) is 4.51. The summed E-state index contributed by atoms with van der Waals surface area (Å²) in [7, 11) is 0. The summed E-state index contributed by atoms with van der Waals surface area (Å²) in [6, 6.07) is 0. The Morgan fingerprint density at radius 1 is 1.47 bits per heavy atom. The van der Waals surface area contributed by atoms with Gasteiger partial charge < -0.3 is 10.4 Å². The van der Waals surface area contributed by atoms with Crippen LogP contribution in [0, 0.1) is 12.8 Å². The number of carboxylic acid groups (broad SMARTS) is 1. The monoisotopic (exact) mass is 256 g/mol. The van der Waals surface area contributed by atoms with Gasteiger partial charge in [0, 0.05) is 13.0 Å².